The van der Waals surface area contributed by atoms with Gasteiger partial charge in [0.25, 0.3) is 0 Å². The normalized spacial score (nSPS) is 19.3. The van der Waals surface area contributed by atoms with Gasteiger partial charge in [-0.2, -0.15) is 0 Å². The molecule has 2 rings (SSSR count). The maximum atomic E-state index is 4.87. The first-order valence-corrected chi connectivity index (χ1v) is 8.38. The molecule has 1 saturated heterocycles. The van der Waals surface area contributed by atoms with Crippen LogP contribution in [0.25, 0.3) is 0 Å². The van der Waals surface area contributed by atoms with Crippen molar-refractivity contribution in [1.82, 2.24) is 15.2 Å². The average Bonchev–Trinajstić information content (AvgIpc) is 2.49. The molecule has 0 bridgehead atoms. The largest absolute Gasteiger partial charge is 0.362 e. The SMILES string of the molecule is CCNC(=NCc1cccnc1N(C)C)N1CC(C)(C)C1(C)C. The van der Waals surface area contributed by atoms with E-state index < -0.39 is 0 Å². The number of nitrogens with zero attached hydrogens (tertiary/aromatic N) is 4. The number of pyridine rings is 1. The number of aliphatic imine (C=N–C) groups is 1. The summed E-state index contributed by atoms with van der Waals surface area (Å²) in [5.41, 5.74) is 1.55. The standard InChI is InChI=1S/C18H31N5/c1-8-19-16(23-13-17(2,3)18(23,4)5)21-12-14-10-9-11-20-15(14)22(6)7/h9-11H,8,12-13H2,1-7H3,(H,19,21). The molecule has 5 heteroatoms. The molecule has 0 spiro atoms. The summed E-state index contributed by atoms with van der Waals surface area (Å²) in [5, 5.41) is 3.44. The molecule has 0 radical (unpaired) electrons. The summed E-state index contributed by atoms with van der Waals surface area (Å²) >= 11 is 0. The molecule has 0 atom stereocenters. The number of guanidine groups is 1. The molecular formula is C18H31N5. The first-order chi connectivity index (χ1) is 10.7. The van der Waals surface area contributed by atoms with Gasteiger partial charge in [0.2, 0.25) is 0 Å². The first kappa shape index (κ1) is 17.6. The zero-order chi connectivity index (χ0) is 17.3. The molecule has 0 amide bonds. The van der Waals surface area contributed by atoms with Crippen LogP contribution in [0, 0.1) is 5.41 Å². The van der Waals surface area contributed by atoms with Gasteiger partial charge in [-0.25, -0.2) is 9.98 Å². The van der Waals surface area contributed by atoms with E-state index in [1.54, 1.807) is 0 Å². The molecule has 1 aromatic rings. The third-order valence-corrected chi connectivity index (χ3v) is 5.17. The second-order valence-corrected chi connectivity index (χ2v) is 7.58. The van der Waals surface area contributed by atoms with Crippen molar-refractivity contribution in [3.63, 3.8) is 0 Å². The van der Waals surface area contributed by atoms with Gasteiger partial charge in [-0.05, 0) is 26.8 Å². The van der Waals surface area contributed by atoms with E-state index >= 15 is 0 Å². The molecule has 1 aliphatic heterocycles. The van der Waals surface area contributed by atoms with Crippen molar-refractivity contribution in [3.05, 3.63) is 23.9 Å². The minimum Gasteiger partial charge on any atom is -0.362 e. The van der Waals surface area contributed by atoms with Gasteiger partial charge in [0.05, 0.1) is 6.54 Å². The minimum atomic E-state index is 0.104. The van der Waals surface area contributed by atoms with Crippen LogP contribution in [0.5, 0.6) is 0 Å². The Kier molecular flexibility index (Phi) is 4.87. The van der Waals surface area contributed by atoms with Gasteiger partial charge in [0, 0.05) is 49.9 Å². The van der Waals surface area contributed by atoms with Crippen LogP contribution in [0.3, 0.4) is 0 Å². The molecule has 0 aromatic carbocycles. The summed E-state index contributed by atoms with van der Waals surface area (Å²) in [6, 6.07) is 4.07. The molecule has 2 heterocycles. The Bertz CT molecular complexity index is 575. The summed E-state index contributed by atoms with van der Waals surface area (Å²) in [5.74, 6) is 1.97. The van der Waals surface area contributed by atoms with Gasteiger partial charge in [0.1, 0.15) is 5.82 Å². The first-order valence-electron chi connectivity index (χ1n) is 8.38. The highest BCUT2D eigenvalue weighted by Gasteiger charge is 2.53. The average molecular weight is 317 g/mol. The Morgan fingerprint density at radius 3 is 2.57 bits per heavy atom. The molecule has 0 aliphatic carbocycles. The molecule has 23 heavy (non-hydrogen) atoms. The van der Waals surface area contributed by atoms with Gasteiger partial charge < -0.3 is 15.1 Å². The molecule has 1 aromatic heterocycles. The van der Waals surface area contributed by atoms with Crippen LogP contribution < -0.4 is 10.2 Å². The van der Waals surface area contributed by atoms with E-state index in [1.807, 2.05) is 31.3 Å². The van der Waals surface area contributed by atoms with Crippen molar-refractivity contribution >= 4 is 11.8 Å². The Morgan fingerprint density at radius 1 is 1.35 bits per heavy atom. The Balaban J connectivity index is 2.22. The molecular weight excluding hydrogens is 286 g/mol. The van der Waals surface area contributed by atoms with E-state index in [1.165, 1.54) is 0 Å². The summed E-state index contributed by atoms with van der Waals surface area (Å²) < 4.78 is 0. The number of rotatable bonds is 4. The summed E-state index contributed by atoms with van der Waals surface area (Å²) in [6.07, 6.45) is 1.83. The lowest BCUT2D eigenvalue weighted by Crippen LogP contribution is -2.72. The minimum absolute atomic E-state index is 0.104. The second kappa shape index (κ2) is 6.38. The third-order valence-electron chi connectivity index (χ3n) is 5.17. The zero-order valence-corrected chi connectivity index (χ0v) is 15.6. The summed E-state index contributed by atoms with van der Waals surface area (Å²) in [7, 11) is 4.03. The Hall–Kier alpha value is -1.78. The van der Waals surface area contributed by atoms with Gasteiger partial charge >= 0.3 is 0 Å². The van der Waals surface area contributed by atoms with E-state index in [0.29, 0.717) is 12.0 Å². The van der Waals surface area contributed by atoms with E-state index in [9.17, 15) is 0 Å². The van der Waals surface area contributed by atoms with E-state index in [2.05, 4.69) is 55.9 Å². The van der Waals surface area contributed by atoms with Crippen LogP contribution in [0.2, 0.25) is 0 Å². The summed E-state index contributed by atoms with van der Waals surface area (Å²) in [4.78, 5) is 13.7. The predicted octanol–water partition coefficient (Wildman–Crippen LogP) is 2.73. The van der Waals surface area contributed by atoms with Crippen LogP contribution >= 0.6 is 0 Å². The molecule has 0 unspecified atom stereocenters. The van der Waals surface area contributed by atoms with Crippen LogP contribution in [0.1, 0.15) is 40.2 Å². The van der Waals surface area contributed by atoms with Crippen molar-refractivity contribution in [3.8, 4) is 0 Å². The third kappa shape index (κ3) is 3.28. The highest BCUT2D eigenvalue weighted by atomic mass is 15.4. The quantitative estimate of drug-likeness (QED) is 0.685. The van der Waals surface area contributed by atoms with Crippen molar-refractivity contribution in [2.24, 2.45) is 10.4 Å². The fourth-order valence-corrected chi connectivity index (χ4v) is 2.91. The topological polar surface area (TPSA) is 43.8 Å². The van der Waals surface area contributed by atoms with Crippen molar-refractivity contribution < 1.29 is 0 Å². The van der Waals surface area contributed by atoms with E-state index in [-0.39, 0.29) is 5.54 Å². The fraction of sp³-hybridized carbons (Fsp3) is 0.667. The second-order valence-electron chi connectivity index (χ2n) is 7.58. The van der Waals surface area contributed by atoms with Crippen LogP contribution in [0.4, 0.5) is 5.82 Å². The van der Waals surface area contributed by atoms with Gasteiger partial charge in [0.15, 0.2) is 5.96 Å². The van der Waals surface area contributed by atoms with Crippen LogP contribution in [-0.4, -0.2) is 48.6 Å². The van der Waals surface area contributed by atoms with Gasteiger partial charge in [-0.3, -0.25) is 0 Å². The molecule has 0 saturated carbocycles. The van der Waals surface area contributed by atoms with E-state index in [4.69, 9.17) is 4.99 Å². The number of hydrogen-bond donors (Lipinski definition) is 1. The van der Waals surface area contributed by atoms with Crippen molar-refractivity contribution in [2.75, 3.05) is 32.1 Å². The van der Waals surface area contributed by atoms with Gasteiger partial charge in [-0.1, -0.05) is 19.9 Å². The maximum Gasteiger partial charge on any atom is 0.194 e. The highest BCUT2D eigenvalue weighted by Crippen LogP contribution is 2.46. The lowest BCUT2D eigenvalue weighted by atomic mass is 9.65. The van der Waals surface area contributed by atoms with Crippen molar-refractivity contribution in [1.29, 1.82) is 0 Å². The lowest BCUT2D eigenvalue weighted by Gasteiger charge is -2.62. The number of nitrogens with one attached hydrogen (secondary N) is 1. The maximum absolute atomic E-state index is 4.87. The number of aromatic nitrogens is 1. The molecule has 128 valence electrons. The fourth-order valence-electron chi connectivity index (χ4n) is 2.91. The lowest BCUT2D eigenvalue weighted by molar-refractivity contribution is -0.0667. The molecule has 1 fully saturated rings. The predicted molar refractivity (Wildman–Crippen MR) is 97.9 cm³/mol. The Morgan fingerprint density at radius 2 is 2.04 bits per heavy atom. The van der Waals surface area contributed by atoms with Crippen LogP contribution in [0.15, 0.2) is 23.3 Å². The monoisotopic (exact) mass is 317 g/mol. The van der Waals surface area contributed by atoms with Gasteiger partial charge in [-0.15, -0.1) is 0 Å². The molecule has 1 aliphatic rings. The number of anilines is 1. The van der Waals surface area contributed by atoms with Crippen molar-refractivity contribution in [2.45, 2.75) is 46.7 Å². The van der Waals surface area contributed by atoms with E-state index in [0.717, 1.165) is 30.4 Å². The zero-order valence-electron chi connectivity index (χ0n) is 15.6. The molecule has 5 nitrogen and oxygen atoms in total. The molecule has 1 N–H and O–H groups in total. The number of hydrogen-bond acceptors (Lipinski definition) is 3. The number of likely N-dealkylation sites (tertiary alicyclic amines) is 1. The smallest absolute Gasteiger partial charge is 0.194 e. The Labute approximate surface area is 140 Å². The van der Waals surface area contributed by atoms with Crippen LogP contribution in [-0.2, 0) is 6.54 Å². The highest BCUT2D eigenvalue weighted by molar-refractivity contribution is 5.82. The summed E-state index contributed by atoms with van der Waals surface area (Å²) in [6.45, 7) is 13.9.